The summed E-state index contributed by atoms with van der Waals surface area (Å²) in [6.07, 6.45) is 0. The van der Waals surface area contributed by atoms with Crippen LogP contribution in [0.1, 0.15) is 0 Å². The van der Waals surface area contributed by atoms with Gasteiger partial charge in [-0.25, -0.2) is 4.39 Å². The van der Waals surface area contributed by atoms with Crippen LogP contribution in [0, 0.1) is 5.82 Å². The summed E-state index contributed by atoms with van der Waals surface area (Å²) in [7, 11) is 1.60. The molecule has 0 aliphatic carbocycles. The number of halogens is 3. The molecule has 1 fully saturated rings. The monoisotopic (exact) mass is 383 g/mol. The summed E-state index contributed by atoms with van der Waals surface area (Å²) in [6.45, 7) is 3.97. The zero-order valence-electron chi connectivity index (χ0n) is 13.5. The number of rotatable bonds is 7. The Labute approximate surface area is 153 Å². The molecule has 1 saturated heterocycles. The van der Waals surface area contributed by atoms with Crippen LogP contribution in [0.4, 0.5) is 15.8 Å². The summed E-state index contributed by atoms with van der Waals surface area (Å²) in [5.74, 6) is -0.582. The molecule has 9 heteroatoms. The average Bonchev–Trinajstić information content (AvgIpc) is 2.52. The number of methoxy groups -OCH3 is 1. The van der Waals surface area contributed by atoms with Crippen molar-refractivity contribution in [1.29, 1.82) is 0 Å². The van der Waals surface area contributed by atoms with Crippen molar-refractivity contribution in [3.05, 3.63) is 24.0 Å². The third-order valence-electron chi connectivity index (χ3n) is 3.31. The summed E-state index contributed by atoms with van der Waals surface area (Å²) < 4.78 is 23.9. The van der Waals surface area contributed by atoms with Crippen molar-refractivity contribution >= 4 is 42.1 Å². The molecule has 6 nitrogen and oxygen atoms in total. The van der Waals surface area contributed by atoms with Crippen molar-refractivity contribution < 1.29 is 18.7 Å². The maximum Gasteiger partial charge on any atom is 0.238 e. The Bertz CT molecular complexity index is 503. The van der Waals surface area contributed by atoms with E-state index in [0.29, 0.717) is 32.1 Å². The number of benzene rings is 1. The van der Waals surface area contributed by atoms with Crippen molar-refractivity contribution in [3.8, 4) is 0 Å². The molecule has 2 rings (SSSR count). The minimum atomic E-state index is -0.369. The number of nitrogens with one attached hydrogen (secondary N) is 2. The van der Waals surface area contributed by atoms with Gasteiger partial charge in [-0.2, -0.15) is 0 Å². The standard InChI is InChI=1S/C15H22FN3O3.2ClH/c1-21-5-2-17-11-15(20)18-13-8-12(16)9-14(10-13)19-3-6-22-7-4-19;;/h8-10,17H,2-7,11H2,1H3,(H,18,20);2*1H. The Morgan fingerprint density at radius 2 is 2.00 bits per heavy atom. The van der Waals surface area contributed by atoms with Gasteiger partial charge in [0.1, 0.15) is 5.82 Å². The zero-order valence-corrected chi connectivity index (χ0v) is 15.2. The first-order valence-corrected chi connectivity index (χ1v) is 7.32. The van der Waals surface area contributed by atoms with Crippen LogP contribution in [0.3, 0.4) is 0 Å². The van der Waals surface area contributed by atoms with Gasteiger partial charge in [-0.1, -0.05) is 0 Å². The fourth-order valence-electron chi connectivity index (χ4n) is 2.23. The maximum absolute atomic E-state index is 13.7. The fourth-order valence-corrected chi connectivity index (χ4v) is 2.23. The van der Waals surface area contributed by atoms with Crippen LogP contribution >= 0.6 is 24.8 Å². The number of morpholine rings is 1. The van der Waals surface area contributed by atoms with Gasteiger partial charge < -0.3 is 25.0 Å². The first kappa shape index (κ1) is 22.9. The minimum Gasteiger partial charge on any atom is -0.383 e. The van der Waals surface area contributed by atoms with E-state index in [1.165, 1.54) is 12.1 Å². The topological polar surface area (TPSA) is 62.8 Å². The molecule has 24 heavy (non-hydrogen) atoms. The predicted molar refractivity (Wildman–Crippen MR) is 97.3 cm³/mol. The number of anilines is 2. The third-order valence-corrected chi connectivity index (χ3v) is 3.31. The lowest BCUT2D eigenvalue weighted by molar-refractivity contribution is -0.115. The largest absolute Gasteiger partial charge is 0.383 e. The number of carbonyl (C=O) groups is 1. The van der Waals surface area contributed by atoms with Crippen molar-refractivity contribution in [1.82, 2.24) is 5.32 Å². The van der Waals surface area contributed by atoms with Gasteiger partial charge in [-0.05, 0) is 18.2 Å². The highest BCUT2D eigenvalue weighted by molar-refractivity contribution is 5.92. The zero-order chi connectivity index (χ0) is 15.8. The molecule has 0 atom stereocenters. The Hall–Kier alpha value is -1.12. The molecule has 1 heterocycles. The minimum absolute atomic E-state index is 0. The molecule has 0 saturated carbocycles. The molecule has 2 N–H and O–H groups in total. The van der Waals surface area contributed by atoms with Gasteiger partial charge >= 0.3 is 0 Å². The first-order valence-electron chi connectivity index (χ1n) is 7.32. The first-order chi connectivity index (χ1) is 10.7. The van der Waals surface area contributed by atoms with Crippen LogP contribution < -0.4 is 15.5 Å². The van der Waals surface area contributed by atoms with E-state index < -0.39 is 0 Å². The molecule has 0 unspecified atom stereocenters. The van der Waals surface area contributed by atoms with E-state index in [1.807, 2.05) is 4.90 Å². The third kappa shape index (κ3) is 7.63. The van der Waals surface area contributed by atoms with Crippen LogP contribution in [0.5, 0.6) is 0 Å². The lowest BCUT2D eigenvalue weighted by atomic mass is 10.2. The lowest BCUT2D eigenvalue weighted by Gasteiger charge is -2.29. The Kier molecular flexibility index (Phi) is 11.7. The van der Waals surface area contributed by atoms with Gasteiger partial charge in [0.15, 0.2) is 0 Å². The van der Waals surface area contributed by atoms with E-state index in [-0.39, 0.29) is 43.1 Å². The molecule has 138 valence electrons. The molecule has 0 radical (unpaired) electrons. The van der Waals surface area contributed by atoms with Crippen molar-refractivity contribution in [2.75, 3.05) is 63.3 Å². The molecule has 1 aromatic rings. The predicted octanol–water partition coefficient (Wildman–Crippen LogP) is 1.68. The van der Waals surface area contributed by atoms with Gasteiger partial charge in [0.2, 0.25) is 5.91 Å². The van der Waals surface area contributed by atoms with Gasteiger partial charge in [0, 0.05) is 38.1 Å². The van der Waals surface area contributed by atoms with Crippen molar-refractivity contribution in [3.63, 3.8) is 0 Å². The molecule has 0 aromatic heterocycles. The smallest absolute Gasteiger partial charge is 0.238 e. The SMILES string of the molecule is COCCNCC(=O)Nc1cc(F)cc(N2CCOCC2)c1.Cl.Cl. The molecule has 1 amide bonds. The van der Waals surface area contributed by atoms with Gasteiger partial charge in [0.05, 0.1) is 26.4 Å². The second-order valence-electron chi connectivity index (χ2n) is 5.02. The molecule has 1 aliphatic rings. The summed E-state index contributed by atoms with van der Waals surface area (Å²) in [6, 6.07) is 4.57. The van der Waals surface area contributed by atoms with Crippen molar-refractivity contribution in [2.24, 2.45) is 0 Å². The van der Waals surface area contributed by atoms with Gasteiger partial charge in [0.25, 0.3) is 0 Å². The number of carbonyl (C=O) groups excluding carboxylic acids is 1. The fraction of sp³-hybridized carbons (Fsp3) is 0.533. The van der Waals surface area contributed by atoms with E-state index >= 15 is 0 Å². The number of hydrogen-bond donors (Lipinski definition) is 2. The highest BCUT2D eigenvalue weighted by Crippen LogP contribution is 2.22. The van der Waals surface area contributed by atoms with E-state index in [4.69, 9.17) is 9.47 Å². The van der Waals surface area contributed by atoms with E-state index in [2.05, 4.69) is 10.6 Å². The molecule has 0 bridgehead atoms. The Morgan fingerprint density at radius 3 is 2.67 bits per heavy atom. The number of amides is 1. The maximum atomic E-state index is 13.7. The molecule has 1 aliphatic heterocycles. The average molecular weight is 384 g/mol. The normalized spacial score (nSPS) is 13.7. The van der Waals surface area contributed by atoms with Crippen LogP contribution in [0.15, 0.2) is 18.2 Å². The van der Waals surface area contributed by atoms with Crippen molar-refractivity contribution in [2.45, 2.75) is 0 Å². The Morgan fingerprint density at radius 1 is 1.29 bits per heavy atom. The second kappa shape index (κ2) is 12.3. The number of ether oxygens (including phenoxy) is 2. The molecular weight excluding hydrogens is 360 g/mol. The van der Waals surface area contributed by atoms with E-state index in [0.717, 1.165) is 18.8 Å². The van der Waals surface area contributed by atoms with E-state index in [9.17, 15) is 9.18 Å². The number of nitrogens with zero attached hydrogens (tertiary/aromatic N) is 1. The molecule has 1 aromatic carbocycles. The second-order valence-corrected chi connectivity index (χ2v) is 5.02. The lowest BCUT2D eigenvalue weighted by Crippen LogP contribution is -2.36. The Balaban J connectivity index is 0.00000264. The quantitative estimate of drug-likeness (QED) is 0.701. The van der Waals surface area contributed by atoms with E-state index in [1.54, 1.807) is 13.2 Å². The summed E-state index contributed by atoms with van der Waals surface area (Å²) in [5.41, 5.74) is 1.21. The molecular formula is C15H24Cl2FN3O3. The highest BCUT2D eigenvalue weighted by Gasteiger charge is 2.13. The van der Waals surface area contributed by atoms with Crippen LogP contribution in [-0.2, 0) is 14.3 Å². The van der Waals surface area contributed by atoms with Crippen LogP contribution in [0.25, 0.3) is 0 Å². The number of hydrogen-bond acceptors (Lipinski definition) is 5. The highest BCUT2D eigenvalue weighted by atomic mass is 35.5. The molecule has 0 spiro atoms. The van der Waals surface area contributed by atoms with Crippen LogP contribution in [0.2, 0.25) is 0 Å². The summed E-state index contributed by atoms with van der Waals surface area (Å²) in [4.78, 5) is 13.8. The van der Waals surface area contributed by atoms with Gasteiger partial charge in [-0.3, -0.25) is 4.79 Å². The van der Waals surface area contributed by atoms with Crippen LogP contribution in [-0.4, -0.2) is 59.0 Å². The van der Waals surface area contributed by atoms with Gasteiger partial charge in [-0.15, -0.1) is 24.8 Å². The summed E-state index contributed by atoms with van der Waals surface area (Å²) in [5, 5.41) is 5.64. The summed E-state index contributed by atoms with van der Waals surface area (Å²) >= 11 is 0.